The van der Waals surface area contributed by atoms with Crippen molar-refractivity contribution in [1.29, 1.82) is 0 Å². The van der Waals surface area contributed by atoms with E-state index in [2.05, 4.69) is 5.16 Å². The predicted molar refractivity (Wildman–Crippen MR) is 85.0 cm³/mol. The number of alkyl halides is 1. The lowest BCUT2D eigenvalue weighted by molar-refractivity contribution is -0.129. The second-order valence-corrected chi connectivity index (χ2v) is 5.94. The fourth-order valence-electron chi connectivity index (χ4n) is 2.63. The van der Waals surface area contributed by atoms with Crippen LogP contribution in [0.4, 0.5) is 4.39 Å². The Labute approximate surface area is 133 Å². The minimum atomic E-state index is -1.12. The molecular formula is C18H16FNO3. The van der Waals surface area contributed by atoms with Crippen molar-refractivity contribution in [2.24, 2.45) is 5.16 Å². The van der Waals surface area contributed by atoms with Gasteiger partial charge in [-0.2, -0.15) is 0 Å². The van der Waals surface area contributed by atoms with Crippen LogP contribution in [-0.4, -0.2) is 16.8 Å². The summed E-state index contributed by atoms with van der Waals surface area (Å²) in [5.74, 6) is -1.12. The van der Waals surface area contributed by atoms with Gasteiger partial charge < -0.3 is 9.94 Å². The molecule has 0 radical (unpaired) electrons. The van der Waals surface area contributed by atoms with Gasteiger partial charge >= 0.3 is 5.97 Å². The highest BCUT2D eigenvalue weighted by molar-refractivity contribution is 6.43. The van der Waals surface area contributed by atoms with Crippen LogP contribution in [-0.2, 0) is 21.9 Å². The second-order valence-electron chi connectivity index (χ2n) is 5.94. The topological polar surface area (TPSA) is 58.9 Å². The lowest BCUT2D eigenvalue weighted by Gasteiger charge is -2.29. The summed E-state index contributed by atoms with van der Waals surface area (Å²) < 4.78 is 12.6. The minimum Gasteiger partial charge on any atom is -0.476 e. The largest absolute Gasteiger partial charge is 0.476 e. The Bertz CT molecular complexity index is 794. The number of hydrogen-bond acceptors (Lipinski definition) is 3. The van der Waals surface area contributed by atoms with Crippen LogP contribution in [0.15, 0.2) is 47.6 Å². The molecule has 0 saturated heterocycles. The smallest absolute Gasteiger partial charge is 0.358 e. The molecule has 1 N–H and O–H groups in total. The van der Waals surface area contributed by atoms with E-state index in [1.54, 1.807) is 18.2 Å². The van der Waals surface area contributed by atoms with E-state index in [1.807, 2.05) is 38.1 Å². The molecule has 0 atom stereocenters. The summed E-state index contributed by atoms with van der Waals surface area (Å²) in [5, 5.41) is 13.0. The summed E-state index contributed by atoms with van der Waals surface area (Å²) in [7, 11) is 0. The van der Waals surface area contributed by atoms with Crippen molar-refractivity contribution in [2.45, 2.75) is 26.1 Å². The standard InChI is InChI=1S/C18H16FNO3/c1-18(2)15-9-13(12-5-3-11(10-19)4-6-12)7-8-14(15)16(17(21)22)20-23-18/h3-9H,10H2,1-2H3,(H,21,22). The molecule has 1 aliphatic heterocycles. The second kappa shape index (κ2) is 5.50. The molecule has 2 aromatic carbocycles. The number of carboxylic acid groups (broad SMARTS) is 1. The summed E-state index contributed by atoms with van der Waals surface area (Å²) in [5.41, 5.74) is 2.96. The van der Waals surface area contributed by atoms with Gasteiger partial charge in [-0.05, 0) is 36.6 Å². The molecule has 0 saturated carbocycles. The van der Waals surface area contributed by atoms with Crippen LogP contribution in [0.1, 0.15) is 30.5 Å². The molecule has 118 valence electrons. The Morgan fingerprint density at radius 1 is 1.17 bits per heavy atom. The monoisotopic (exact) mass is 313 g/mol. The molecule has 0 aliphatic carbocycles. The maximum absolute atomic E-state index is 12.6. The minimum absolute atomic E-state index is 0.0985. The van der Waals surface area contributed by atoms with Gasteiger partial charge in [0, 0.05) is 11.1 Å². The lowest BCUT2D eigenvalue weighted by atomic mass is 9.87. The molecule has 0 unspecified atom stereocenters. The van der Waals surface area contributed by atoms with Crippen LogP contribution in [0.3, 0.4) is 0 Å². The number of nitrogens with zero attached hydrogens (tertiary/aromatic N) is 1. The van der Waals surface area contributed by atoms with Gasteiger partial charge in [0.1, 0.15) is 6.67 Å². The van der Waals surface area contributed by atoms with Gasteiger partial charge in [0.15, 0.2) is 11.3 Å². The van der Waals surface area contributed by atoms with E-state index < -0.39 is 18.2 Å². The highest BCUT2D eigenvalue weighted by Crippen LogP contribution is 2.35. The molecule has 1 aliphatic rings. The number of rotatable bonds is 3. The Morgan fingerprint density at radius 3 is 2.43 bits per heavy atom. The fourth-order valence-corrected chi connectivity index (χ4v) is 2.63. The molecule has 2 aromatic rings. The van der Waals surface area contributed by atoms with Crippen LogP contribution in [0.25, 0.3) is 11.1 Å². The van der Waals surface area contributed by atoms with Crippen molar-refractivity contribution in [1.82, 2.24) is 0 Å². The number of benzene rings is 2. The third-order valence-electron chi connectivity index (χ3n) is 3.93. The summed E-state index contributed by atoms with van der Waals surface area (Å²) in [6, 6.07) is 12.6. The molecule has 0 bridgehead atoms. The number of aliphatic carboxylic acids is 1. The first-order valence-corrected chi connectivity index (χ1v) is 7.22. The van der Waals surface area contributed by atoms with E-state index in [4.69, 9.17) is 4.84 Å². The zero-order chi connectivity index (χ0) is 16.6. The average Bonchev–Trinajstić information content (AvgIpc) is 2.54. The maximum Gasteiger partial charge on any atom is 0.358 e. The van der Waals surface area contributed by atoms with E-state index in [0.29, 0.717) is 11.1 Å². The molecular weight excluding hydrogens is 297 g/mol. The van der Waals surface area contributed by atoms with Crippen molar-refractivity contribution in [2.75, 3.05) is 0 Å². The Morgan fingerprint density at radius 2 is 1.83 bits per heavy atom. The van der Waals surface area contributed by atoms with Crippen molar-refractivity contribution < 1.29 is 19.1 Å². The molecule has 0 spiro atoms. The predicted octanol–water partition coefficient (Wildman–Crippen LogP) is 3.88. The molecule has 0 fully saturated rings. The van der Waals surface area contributed by atoms with Crippen molar-refractivity contribution in [3.8, 4) is 11.1 Å². The van der Waals surface area contributed by atoms with Gasteiger partial charge in [-0.25, -0.2) is 9.18 Å². The van der Waals surface area contributed by atoms with Gasteiger partial charge in [-0.3, -0.25) is 0 Å². The van der Waals surface area contributed by atoms with Crippen molar-refractivity contribution in [3.05, 3.63) is 59.2 Å². The van der Waals surface area contributed by atoms with E-state index in [1.165, 1.54) is 0 Å². The van der Waals surface area contributed by atoms with Gasteiger partial charge in [0.2, 0.25) is 0 Å². The summed E-state index contributed by atoms with van der Waals surface area (Å²) >= 11 is 0. The Balaban J connectivity index is 2.10. The van der Waals surface area contributed by atoms with Gasteiger partial charge in [0.05, 0.1) is 0 Å². The van der Waals surface area contributed by atoms with E-state index in [0.717, 1.165) is 16.7 Å². The first-order valence-electron chi connectivity index (χ1n) is 7.22. The van der Waals surface area contributed by atoms with Gasteiger partial charge in [-0.15, -0.1) is 0 Å². The Kier molecular flexibility index (Phi) is 3.64. The zero-order valence-electron chi connectivity index (χ0n) is 12.8. The third-order valence-corrected chi connectivity index (χ3v) is 3.93. The number of carbonyl (C=O) groups is 1. The molecule has 23 heavy (non-hydrogen) atoms. The van der Waals surface area contributed by atoms with Crippen LogP contribution in [0, 0.1) is 0 Å². The third kappa shape index (κ3) is 2.70. The quantitative estimate of drug-likeness (QED) is 0.935. The summed E-state index contributed by atoms with van der Waals surface area (Å²) in [4.78, 5) is 16.7. The number of hydrogen-bond donors (Lipinski definition) is 1. The maximum atomic E-state index is 12.6. The lowest BCUT2D eigenvalue weighted by Crippen LogP contribution is -2.31. The molecule has 4 nitrogen and oxygen atoms in total. The van der Waals surface area contributed by atoms with Crippen molar-refractivity contribution in [3.63, 3.8) is 0 Å². The number of oxime groups is 1. The van der Waals surface area contributed by atoms with Crippen molar-refractivity contribution >= 4 is 11.7 Å². The highest BCUT2D eigenvalue weighted by Gasteiger charge is 2.34. The normalized spacial score (nSPS) is 15.3. The van der Waals surface area contributed by atoms with Crippen LogP contribution < -0.4 is 0 Å². The van der Waals surface area contributed by atoms with Crippen LogP contribution >= 0.6 is 0 Å². The fraction of sp³-hybridized carbons (Fsp3) is 0.222. The van der Waals surface area contributed by atoms with Crippen LogP contribution in [0.2, 0.25) is 0 Å². The summed E-state index contributed by atoms with van der Waals surface area (Å²) in [6.07, 6.45) is 0. The first kappa shape index (κ1) is 15.2. The van der Waals surface area contributed by atoms with Crippen LogP contribution in [0.5, 0.6) is 0 Å². The summed E-state index contributed by atoms with van der Waals surface area (Å²) in [6.45, 7) is 3.18. The SMILES string of the molecule is CC1(C)ON=C(C(=O)O)c2ccc(-c3ccc(CF)cc3)cc21. The van der Waals surface area contributed by atoms with Gasteiger partial charge in [-0.1, -0.05) is 41.6 Å². The number of fused-ring (bicyclic) bond motifs is 1. The molecule has 0 aromatic heterocycles. The molecule has 1 heterocycles. The number of halogens is 1. The number of carboxylic acids is 1. The van der Waals surface area contributed by atoms with E-state index in [9.17, 15) is 14.3 Å². The Hall–Kier alpha value is -2.69. The van der Waals surface area contributed by atoms with E-state index in [-0.39, 0.29) is 5.71 Å². The molecule has 3 rings (SSSR count). The molecule has 5 heteroatoms. The first-order chi connectivity index (χ1) is 10.9. The van der Waals surface area contributed by atoms with Gasteiger partial charge in [0.25, 0.3) is 0 Å². The van der Waals surface area contributed by atoms with E-state index >= 15 is 0 Å². The average molecular weight is 313 g/mol. The highest BCUT2D eigenvalue weighted by atomic mass is 19.1. The molecule has 0 amide bonds. The zero-order valence-corrected chi connectivity index (χ0v) is 12.8.